The Kier molecular flexibility index (Phi) is 4.57. The summed E-state index contributed by atoms with van der Waals surface area (Å²) in [7, 11) is 0. The number of rotatable bonds is 5. The van der Waals surface area contributed by atoms with Gasteiger partial charge in [-0.15, -0.1) is 0 Å². The summed E-state index contributed by atoms with van der Waals surface area (Å²) in [6.07, 6.45) is 0.866. The molecule has 0 aliphatic carbocycles. The molecule has 0 spiro atoms. The minimum atomic E-state index is -0.568. The van der Waals surface area contributed by atoms with Gasteiger partial charge in [-0.1, -0.05) is 48.6 Å². The number of para-hydroxylation sites is 1. The van der Waals surface area contributed by atoms with Gasteiger partial charge >= 0.3 is 0 Å². The van der Waals surface area contributed by atoms with Crippen molar-refractivity contribution in [2.75, 3.05) is 11.1 Å². The average molecular weight is 341 g/mol. The second kappa shape index (κ2) is 6.80. The van der Waals surface area contributed by atoms with Crippen LogP contribution in [-0.4, -0.2) is 10.8 Å². The minimum absolute atomic E-state index is 0.00615. The lowest BCUT2D eigenvalue weighted by Crippen LogP contribution is -2.04. The molecular weight excluding hydrogens is 325 g/mol. The van der Waals surface area contributed by atoms with Gasteiger partial charge in [-0.2, -0.15) is 0 Å². The third-order valence-corrected chi connectivity index (χ3v) is 4.60. The molecule has 1 heterocycles. The topological polar surface area (TPSA) is 68.0 Å². The molecule has 0 aliphatic heterocycles. The number of nitrogen functional groups attached to an aromatic ring is 1. The largest absolute Gasteiger partial charge is 0.382 e. The van der Waals surface area contributed by atoms with E-state index in [1.165, 1.54) is 18.2 Å². The fourth-order valence-electron chi connectivity index (χ4n) is 2.38. The first-order valence-corrected chi connectivity index (χ1v) is 8.32. The monoisotopic (exact) mass is 341 g/mol. The van der Waals surface area contributed by atoms with Crippen molar-refractivity contribution in [3.8, 4) is 0 Å². The highest BCUT2D eigenvalue weighted by molar-refractivity contribution is 7.18. The van der Waals surface area contributed by atoms with E-state index in [4.69, 9.17) is 5.73 Å². The highest BCUT2D eigenvalue weighted by Crippen LogP contribution is 2.31. The minimum Gasteiger partial charge on any atom is -0.382 e. The molecule has 6 heteroatoms. The number of carbonyl (C=O) groups is 1. The molecule has 24 heavy (non-hydrogen) atoms. The van der Waals surface area contributed by atoms with E-state index in [0.717, 1.165) is 29.0 Å². The fraction of sp³-hybridized carbons (Fsp3) is 0.111. The van der Waals surface area contributed by atoms with Gasteiger partial charge in [0.15, 0.2) is 5.13 Å². The van der Waals surface area contributed by atoms with Gasteiger partial charge < -0.3 is 11.1 Å². The average Bonchev–Trinajstić information content (AvgIpc) is 2.95. The molecule has 3 N–H and O–H groups in total. The van der Waals surface area contributed by atoms with E-state index in [0.29, 0.717) is 5.13 Å². The summed E-state index contributed by atoms with van der Waals surface area (Å²) < 4.78 is 13.8. The first-order valence-electron chi connectivity index (χ1n) is 7.50. The Morgan fingerprint density at radius 2 is 1.92 bits per heavy atom. The summed E-state index contributed by atoms with van der Waals surface area (Å²) in [5.74, 6) is -0.925. The standard InChI is InChI=1S/C18H16FN3OS/c1-2-11-7-3-6-10-14(11)21-18-22-17(20)16(24-18)15(23)12-8-4-5-9-13(12)19/h3-10H,2,20H2,1H3,(H,21,22). The van der Waals surface area contributed by atoms with Crippen molar-refractivity contribution < 1.29 is 9.18 Å². The van der Waals surface area contributed by atoms with E-state index in [1.807, 2.05) is 24.3 Å². The fourth-order valence-corrected chi connectivity index (χ4v) is 3.23. The zero-order chi connectivity index (χ0) is 17.1. The Morgan fingerprint density at radius 1 is 1.21 bits per heavy atom. The lowest BCUT2D eigenvalue weighted by atomic mass is 10.1. The van der Waals surface area contributed by atoms with Crippen LogP contribution < -0.4 is 11.1 Å². The van der Waals surface area contributed by atoms with Gasteiger partial charge in [0.25, 0.3) is 0 Å². The quantitative estimate of drug-likeness (QED) is 0.675. The number of ketones is 1. The van der Waals surface area contributed by atoms with E-state index in [2.05, 4.69) is 17.2 Å². The predicted molar refractivity (Wildman–Crippen MR) is 95.5 cm³/mol. The van der Waals surface area contributed by atoms with Crippen molar-refractivity contribution in [1.29, 1.82) is 0 Å². The van der Waals surface area contributed by atoms with Crippen LogP contribution in [0, 0.1) is 5.82 Å². The lowest BCUT2D eigenvalue weighted by Gasteiger charge is -2.07. The smallest absolute Gasteiger partial charge is 0.209 e. The van der Waals surface area contributed by atoms with Crippen LogP contribution in [0.4, 0.5) is 21.0 Å². The van der Waals surface area contributed by atoms with Crippen LogP contribution in [0.25, 0.3) is 0 Å². The van der Waals surface area contributed by atoms with Crippen LogP contribution in [0.1, 0.15) is 27.7 Å². The number of thiazole rings is 1. The van der Waals surface area contributed by atoms with E-state index in [1.54, 1.807) is 6.07 Å². The third kappa shape index (κ3) is 3.14. The van der Waals surface area contributed by atoms with E-state index >= 15 is 0 Å². The number of aromatic nitrogens is 1. The zero-order valence-corrected chi connectivity index (χ0v) is 13.9. The summed E-state index contributed by atoms with van der Waals surface area (Å²) in [4.78, 5) is 16.9. The molecule has 0 radical (unpaired) electrons. The van der Waals surface area contributed by atoms with Crippen molar-refractivity contribution in [2.24, 2.45) is 0 Å². The molecule has 3 aromatic rings. The van der Waals surface area contributed by atoms with Crippen molar-refractivity contribution >= 4 is 33.8 Å². The molecular formula is C18H16FN3OS. The van der Waals surface area contributed by atoms with Crippen LogP contribution >= 0.6 is 11.3 Å². The van der Waals surface area contributed by atoms with Gasteiger partial charge in [0.1, 0.15) is 16.5 Å². The second-order valence-corrected chi connectivity index (χ2v) is 6.18. The van der Waals surface area contributed by atoms with Crippen LogP contribution in [0.15, 0.2) is 48.5 Å². The van der Waals surface area contributed by atoms with Crippen LogP contribution in [0.5, 0.6) is 0 Å². The number of carbonyl (C=O) groups excluding carboxylic acids is 1. The van der Waals surface area contributed by atoms with Crippen LogP contribution in [-0.2, 0) is 6.42 Å². The van der Waals surface area contributed by atoms with Gasteiger partial charge in [0.05, 0.1) is 5.56 Å². The molecule has 3 rings (SSSR count). The van der Waals surface area contributed by atoms with Gasteiger partial charge in [0.2, 0.25) is 5.78 Å². The van der Waals surface area contributed by atoms with E-state index < -0.39 is 11.6 Å². The summed E-state index contributed by atoms with van der Waals surface area (Å²) in [5, 5.41) is 3.69. The van der Waals surface area contributed by atoms with Crippen LogP contribution in [0.3, 0.4) is 0 Å². The van der Waals surface area contributed by atoms with Gasteiger partial charge in [-0.3, -0.25) is 4.79 Å². The molecule has 0 fully saturated rings. The summed E-state index contributed by atoms with van der Waals surface area (Å²) in [6, 6.07) is 13.7. The first kappa shape index (κ1) is 16.1. The van der Waals surface area contributed by atoms with Gasteiger partial charge in [-0.25, -0.2) is 9.37 Å². The Bertz CT molecular complexity index is 891. The maximum atomic E-state index is 13.8. The Hall–Kier alpha value is -2.73. The number of nitrogens with two attached hydrogens (primary N) is 1. The summed E-state index contributed by atoms with van der Waals surface area (Å²) in [5.41, 5.74) is 7.91. The molecule has 2 aromatic carbocycles. The highest BCUT2D eigenvalue weighted by atomic mass is 32.1. The van der Waals surface area contributed by atoms with Crippen molar-refractivity contribution in [2.45, 2.75) is 13.3 Å². The SMILES string of the molecule is CCc1ccccc1Nc1nc(N)c(C(=O)c2ccccc2F)s1. The molecule has 0 atom stereocenters. The second-order valence-electron chi connectivity index (χ2n) is 5.18. The molecule has 0 saturated heterocycles. The molecule has 1 aromatic heterocycles. The number of hydrogen-bond donors (Lipinski definition) is 2. The third-order valence-electron chi connectivity index (χ3n) is 3.62. The molecule has 122 valence electrons. The number of nitrogens with zero attached hydrogens (tertiary/aromatic N) is 1. The Balaban J connectivity index is 1.91. The van der Waals surface area contributed by atoms with E-state index in [-0.39, 0.29) is 16.3 Å². The summed E-state index contributed by atoms with van der Waals surface area (Å²) in [6.45, 7) is 2.06. The molecule has 0 bridgehead atoms. The lowest BCUT2D eigenvalue weighted by molar-refractivity contribution is 0.103. The Morgan fingerprint density at radius 3 is 2.67 bits per heavy atom. The number of anilines is 3. The molecule has 4 nitrogen and oxygen atoms in total. The van der Waals surface area contributed by atoms with Crippen molar-refractivity contribution in [3.05, 3.63) is 70.4 Å². The number of nitrogens with one attached hydrogen (secondary N) is 1. The van der Waals surface area contributed by atoms with Gasteiger partial charge in [0, 0.05) is 5.69 Å². The highest BCUT2D eigenvalue weighted by Gasteiger charge is 2.20. The predicted octanol–water partition coefficient (Wildman–Crippen LogP) is 4.40. The summed E-state index contributed by atoms with van der Waals surface area (Å²) >= 11 is 1.12. The van der Waals surface area contributed by atoms with Gasteiger partial charge in [-0.05, 0) is 30.2 Å². The number of aryl methyl sites for hydroxylation is 1. The molecule has 0 amide bonds. The number of hydrogen-bond acceptors (Lipinski definition) is 5. The van der Waals surface area contributed by atoms with Crippen molar-refractivity contribution in [1.82, 2.24) is 4.98 Å². The molecule has 0 saturated carbocycles. The normalized spacial score (nSPS) is 10.6. The Labute approximate surface area is 143 Å². The van der Waals surface area contributed by atoms with E-state index in [9.17, 15) is 9.18 Å². The maximum Gasteiger partial charge on any atom is 0.209 e. The number of halogens is 1. The number of benzene rings is 2. The molecule has 0 unspecified atom stereocenters. The van der Waals surface area contributed by atoms with Crippen molar-refractivity contribution in [3.63, 3.8) is 0 Å². The first-order chi connectivity index (χ1) is 11.6. The zero-order valence-electron chi connectivity index (χ0n) is 13.0. The maximum absolute atomic E-state index is 13.8. The molecule has 0 aliphatic rings. The van der Waals surface area contributed by atoms with Crippen LogP contribution in [0.2, 0.25) is 0 Å².